The minimum absolute atomic E-state index is 0.124. The summed E-state index contributed by atoms with van der Waals surface area (Å²) in [5, 5.41) is 1.31. The van der Waals surface area contributed by atoms with Crippen LogP contribution >= 0.6 is 11.3 Å². The first kappa shape index (κ1) is 18.1. The van der Waals surface area contributed by atoms with Crippen LogP contribution in [0, 0.1) is 13.8 Å². The predicted molar refractivity (Wildman–Crippen MR) is 105 cm³/mol. The van der Waals surface area contributed by atoms with E-state index >= 15 is 0 Å². The fourth-order valence-corrected chi connectivity index (χ4v) is 3.89. The number of carbonyl (C=O) groups excluding carboxylic acids is 2. The molecule has 0 atom stereocenters. The minimum Gasteiger partial charge on any atom is -0.456 e. The average Bonchev–Trinajstić information content (AvgIpc) is 3.24. The third-order valence-electron chi connectivity index (χ3n) is 4.52. The van der Waals surface area contributed by atoms with E-state index < -0.39 is 18.4 Å². The fraction of sp³-hybridized carbons (Fsp3) is 0.200. The molecule has 0 aliphatic heterocycles. The molecule has 0 fully saturated rings. The molecule has 0 saturated heterocycles. The lowest BCUT2D eigenvalue weighted by Crippen LogP contribution is -2.26. The van der Waals surface area contributed by atoms with Crippen LogP contribution in [-0.4, -0.2) is 27.9 Å². The van der Waals surface area contributed by atoms with E-state index in [4.69, 9.17) is 9.15 Å². The summed E-state index contributed by atoms with van der Waals surface area (Å²) in [5.74, 6) is -1.02. The van der Waals surface area contributed by atoms with E-state index in [-0.39, 0.29) is 17.9 Å². The summed E-state index contributed by atoms with van der Waals surface area (Å²) < 4.78 is 11.7. The quantitative estimate of drug-likeness (QED) is 0.380. The zero-order valence-corrected chi connectivity index (χ0v) is 16.0. The molecule has 0 spiro atoms. The molecule has 0 aliphatic carbocycles. The van der Waals surface area contributed by atoms with Gasteiger partial charge in [0.05, 0.1) is 11.7 Å². The lowest BCUT2D eigenvalue weighted by molar-refractivity contribution is -0.143. The van der Waals surface area contributed by atoms with Gasteiger partial charge in [0.2, 0.25) is 5.78 Å². The Morgan fingerprint density at radius 1 is 1.25 bits per heavy atom. The van der Waals surface area contributed by atoms with Gasteiger partial charge in [0.15, 0.2) is 12.4 Å². The maximum Gasteiger partial charge on any atom is 0.326 e. The Morgan fingerprint density at radius 2 is 2.04 bits per heavy atom. The molecule has 8 heteroatoms. The van der Waals surface area contributed by atoms with Gasteiger partial charge in [0.25, 0.3) is 5.56 Å². The van der Waals surface area contributed by atoms with Gasteiger partial charge in [-0.15, -0.1) is 11.3 Å². The van der Waals surface area contributed by atoms with Crippen LogP contribution in [0.3, 0.4) is 0 Å². The number of esters is 1. The van der Waals surface area contributed by atoms with Crippen LogP contribution in [0.5, 0.6) is 0 Å². The Morgan fingerprint density at radius 3 is 2.82 bits per heavy atom. The van der Waals surface area contributed by atoms with E-state index in [1.165, 1.54) is 22.2 Å². The van der Waals surface area contributed by atoms with E-state index in [1.54, 1.807) is 18.2 Å². The van der Waals surface area contributed by atoms with Gasteiger partial charge in [-0.25, -0.2) is 4.98 Å². The van der Waals surface area contributed by atoms with Gasteiger partial charge >= 0.3 is 5.97 Å². The summed E-state index contributed by atoms with van der Waals surface area (Å²) in [5.41, 5.74) is 1.15. The Bertz CT molecular complexity index is 1250. The smallest absolute Gasteiger partial charge is 0.326 e. The standard InChI is InChI=1S/C20H16N2O5S/c1-11-12(2)28-19-18(11)20(25)22(10-21-19)8-17(24)26-9-14(23)16-7-13-5-3-4-6-15(13)27-16/h3-7,10H,8-9H2,1-2H3. The summed E-state index contributed by atoms with van der Waals surface area (Å²) >= 11 is 1.44. The first-order chi connectivity index (χ1) is 13.4. The molecule has 0 saturated carbocycles. The number of aryl methyl sites for hydroxylation is 2. The molecule has 0 radical (unpaired) electrons. The van der Waals surface area contributed by atoms with Crippen molar-refractivity contribution in [3.8, 4) is 0 Å². The summed E-state index contributed by atoms with van der Waals surface area (Å²) in [4.78, 5) is 42.8. The van der Waals surface area contributed by atoms with Crippen molar-refractivity contribution < 1.29 is 18.7 Å². The predicted octanol–water partition coefficient (Wildman–Crippen LogP) is 3.25. The molecule has 4 aromatic rings. The summed E-state index contributed by atoms with van der Waals surface area (Å²) in [6, 6.07) is 8.83. The number of Topliss-reactive ketones (excluding diaryl/α,β-unsaturated/α-hetero) is 1. The van der Waals surface area contributed by atoms with Crippen molar-refractivity contribution in [2.75, 3.05) is 6.61 Å². The van der Waals surface area contributed by atoms with E-state index in [2.05, 4.69) is 4.98 Å². The normalized spacial score (nSPS) is 11.2. The number of hydrogen-bond donors (Lipinski definition) is 0. The fourth-order valence-electron chi connectivity index (χ4n) is 2.90. The van der Waals surface area contributed by atoms with Crippen molar-refractivity contribution in [1.82, 2.24) is 9.55 Å². The van der Waals surface area contributed by atoms with Gasteiger partial charge in [0.1, 0.15) is 17.0 Å². The molecule has 0 aliphatic rings. The van der Waals surface area contributed by atoms with Gasteiger partial charge in [-0.1, -0.05) is 18.2 Å². The van der Waals surface area contributed by atoms with E-state index in [1.807, 2.05) is 26.0 Å². The molecular formula is C20H16N2O5S. The first-order valence-electron chi connectivity index (χ1n) is 8.56. The number of ether oxygens (including phenoxy) is 1. The summed E-state index contributed by atoms with van der Waals surface area (Å²) in [6.07, 6.45) is 1.32. The van der Waals surface area contributed by atoms with Gasteiger partial charge in [0, 0.05) is 10.3 Å². The number of hydrogen-bond acceptors (Lipinski definition) is 7. The zero-order chi connectivity index (χ0) is 19.8. The minimum atomic E-state index is -0.697. The second-order valence-corrected chi connectivity index (χ2v) is 7.58. The largest absolute Gasteiger partial charge is 0.456 e. The monoisotopic (exact) mass is 396 g/mol. The van der Waals surface area contributed by atoms with Crippen molar-refractivity contribution in [3.63, 3.8) is 0 Å². The van der Waals surface area contributed by atoms with Gasteiger partial charge in [-0.2, -0.15) is 0 Å². The van der Waals surface area contributed by atoms with Crippen LogP contribution in [0.2, 0.25) is 0 Å². The SMILES string of the molecule is Cc1sc2ncn(CC(=O)OCC(=O)c3cc4ccccc4o3)c(=O)c2c1C. The highest BCUT2D eigenvalue weighted by Crippen LogP contribution is 2.25. The molecular weight excluding hydrogens is 380 g/mol. The van der Waals surface area contributed by atoms with Gasteiger partial charge in [-0.05, 0) is 31.5 Å². The van der Waals surface area contributed by atoms with Crippen LogP contribution in [0.25, 0.3) is 21.2 Å². The van der Waals surface area contributed by atoms with Crippen molar-refractivity contribution in [2.24, 2.45) is 0 Å². The third-order valence-corrected chi connectivity index (χ3v) is 5.64. The zero-order valence-electron chi connectivity index (χ0n) is 15.2. The topological polar surface area (TPSA) is 91.4 Å². The molecule has 0 bridgehead atoms. The number of nitrogens with zero attached hydrogens (tertiary/aromatic N) is 2. The third kappa shape index (κ3) is 3.22. The number of carbonyl (C=O) groups is 2. The molecule has 142 valence electrons. The molecule has 3 heterocycles. The van der Waals surface area contributed by atoms with Crippen LogP contribution < -0.4 is 5.56 Å². The lowest BCUT2D eigenvalue weighted by atomic mass is 10.2. The molecule has 28 heavy (non-hydrogen) atoms. The number of fused-ring (bicyclic) bond motifs is 2. The summed E-state index contributed by atoms with van der Waals surface area (Å²) in [7, 11) is 0. The van der Waals surface area contributed by atoms with Gasteiger partial charge in [-0.3, -0.25) is 19.0 Å². The number of para-hydroxylation sites is 1. The van der Waals surface area contributed by atoms with Crippen molar-refractivity contribution in [3.05, 3.63) is 63.2 Å². The van der Waals surface area contributed by atoms with E-state index in [0.717, 1.165) is 15.8 Å². The highest BCUT2D eigenvalue weighted by Gasteiger charge is 2.17. The maximum atomic E-state index is 12.6. The van der Waals surface area contributed by atoms with Crippen LogP contribution in [0.1, 0.15) is 21.0 Å². The number of ketones is 1. The van der Waals surface area contributed by atoms with Crippen molar-refractivity contribution >= 4 is 44.3 Å². The van der Waals surface area contributed by atoms with Crippen LogP contribution in [0.15, 0.2) is 45.9 Å². The van der Waals surface area contributed by atoms with Crippen LogP contribution in [0.4, 0.5) is 0 Å². The molecule has 0 amide bonds. The molecule has 1 aromatic carbocycles. The van der Waals surface area contributed by atoms with Crippen molar-refractivity contribution in [1.29, 1.82) is 0 Å². The highest BCUT2D eigenvalue weighted by atomic mass is 32.1. The number of thiophene rings is 1. The molecule has 0 unspecified atom stereocenters. The maximum absolute atomic E-state index is 12.6. The number of furan rings is 1. The Hall–Kier alpha value is -3.26. The first-order valence-corrected chi connectivity index (χ1v) is 9.38. The Kier molecular flexibility index (Phi) is 4.56. The number of benzene rings is 1. The second kappa shape index (κ2) is 7.05. The highest BCUT2D eigenvalue weighted by molar-refractivity contribution is 7.18. The molecule has 7 nitrogen and oxygen atoms in total. The van der Waals surface area contributed by atoms with Crippen LogP contribution in [-0.2, 0) is 16.1 Å². The van der Waals surface area contributed by atoms with E-state index in [9.17, 15) is 14.4 Å². The average molecular weight is 396 g/mol. The number of rotatable bonds is 5. The van der Waals surface area contributed by atoms with Crippen molar-refractivity contribution in [2.45, 2.75) is 20.4 Å². The van der Waals surface area contributed by atoms with Gasteiger partial charge < -0.3 is 9.15 Å². The second-order valence-electron chi connectivity index (χ2n) is 6.37. The molecule has 4 rings (SSSR count). The Balaban J connectivity index is 1.45. The number of aromatic nitrogens is 2. The van der Waals surface area contributed by atoms with E-state index in [0.29, 0.717) is 15.8 Å². The Labute approximate surface area is 163 Å². The molecule has 3 aromatic heterocycles. The lowest BCUT2D eigenvalue weighted by Gasteiger charge is -2.06. The summed E-state index contributed by atoms with van der Waals surface area (Å²) in [6.45, 7) is 3.00. The molecule has 0 N–H and O–H groups in total.